The average Bonchev–Trinajstić information content (AvgIpc) is 2.64. The van der Waals surface area contributed by atoms with Gasteiger partial charge in [-0.15, -0.1) is 0 Å². The molecule has 0 heterocycles. The van der Waals surface area contributed by atoms with Crippen molar-refractivity contribution in [1.29, 1.82) is 0 Å². The molecule has 2 aromatic carbocycles. The van der Waals surface area contributed by atoms with Gasteiger partial charge >= 0.3 is 0 Å². The number of rotatable bonds is 2. The van der Waals surface area contributed by atoms with Crippen LogP contribution in [-0.4, -0.2) is 0 Å². The van der Waals surface area contributed by atoms with E-state index in [9.17, 15) is 8.78 Å². The minimum atomic E-state index is -0.824. The molecule has 0 unspecified atom stereocenters. The third-order valence-corrected chi connectivity index (χ3v) is 4.79. The summed E-state index contributed by atoms with van der Waals surface area (Å²) in [5.41, 5.74) is 2.49. The van der Waals surface area contributed by atoms with E-state index < -0.39 is 11.6 Å². The Balaban J connectivity index is 1.65. The van der Waals surface area contributed by atoms with Crippen LogP contribution in [0.5, 0.6) is 0 Å². The first kappa shape index (κ1) is 17.4. The van der Waals surface area contributed by atoms with Crippen LogP contribution in [0.25, 0.3) is 11.1 Å². The van der Waals surface area contributed by atoms with E-state index >= 15 is 0 Å². The molecule has 0 saturated heterocycles. The molecule has 25 heavy (non-hydrogen) atoms. The molecule has 2 aromatic rings. The second-order valence-electron chi connectivity index (χ2n) is 6.61. The van der Waals surface area contributed by atoms with Crippen molar-refractivity contribution in [3.63, 3.8) is 0 Å². The molecule has 1 aliphatic carbocycles. The Bertz CT molecular complexity index is 798. The maximum absolute atomic E-state index is 13.3. The molecule has 0 spiro atoms. The van der Waals surface area contributed by atoms with Gasteiger partial charge < -0.3 is 0 Å². The fraction of sp³-hybridized carbons (Fsp3) is 0.304. The van der Waals surface area contributed by atoms with Gasteiger partial charge in [0.15, 0.2) is 11.6 Å². The molecule has 128 valence electrons. The van der Waals surface area contributed by atoms with Crippen LogP contribution in [-0.2, 0) is 0 Å². The highest BCUT2D eigenvalue weighted by atomic mass is 19.2. The second-order valence-corrected chi connectivity index (χ2v) is 6.61. The van der Waals surface area contributed by atoms with E-state index in [4.69, 9.17) is 0 Å². The first-order valence-electron chi connectivity index (χ1n) is 8.85. The smallest absolute Gasteiger partial charge is 0.159 e. The average molecular weight is 336 g/mol. The summed E-state index contributed by atoms with van der Waals surface area (Å²) in [5.74, 6) is 6.20. The Morgan fingerprint density at radius 2 is 1.56 bits per heavy atom. The molecular formula is C23H22F2. The first-order valence-corrected chi connectivity index (χ1v) is 8.85. The summed E-state index contributed by atoms with van der Waals surface area (Å²) in [7, 11) is 0. The molecule has 0 amide bonds. The zero-order valence-electron chi connectivity index (χ0n) is 14.4. The summed E-state index contributed by atoms with van der Waals surface area (Å²) < 4.78 is 26.4. The lowest BCUT2D eigenvalue weighted by Gasteiger charge is -2.22. The van der Waals surface area contributed by atoms with Crippen LogP contribution in [0.1, 0.15) is 38.2 Å². The molecule has 0 N–H and O–H groups in total. The molecule has 1 saturated carbocycles. The summed E-state index contributed by atoms with van der Waals surface area (Å²) in [5, 5.41) is 0. The van der Waals surface area contributed by atoms with Crippen molar-refractivity contribution in [2.45, 2.75) is 32.6 Å². The molecular weight excluding hydrogens is 314 g/mol. The maximum atomic E-state index is 13.3. The zero-order valence-corrected chi connectivity index (χ0v) is 14.4. The molecule has 1 aliphatic rings. The van der Waals surface area contributed by atoms with E-state index in [1.807, 2.05) is 24.3 Å². The molecule has 0 atom stereocenters. The van der Waals surface area contributed by atoms with Gasteiger partial charge in [0, 0.05) is 11.5 Å². The molecule has 0 aliphatic heterocycles. The van der Waals surface area contributed by atoms with Crippen LogP contribution < -0.4 is 0 Å². The Morgan fingerprint density at radius 1 is 0.880 bits per heavy atom. The van der Waals surface area contributed by atoms with Gasteiger partial charge in [0.1, 0.15) is 0 Å². The van der Waals surface area contributed by atoms with Gasteiger partial charge in [-0.05, 0) is 73.9 Å². The van der Waals surface area contributed by atoms with Gasteiger partial charge in [-0.1, -0.05) is 42.2 Å². The number of halogens is 2. The zero-order chi connectivity index (χ0) is 17.6. The first-order chi connectivity index (χ1) is 12.2. The van der Waals surface area contributed by atoms with Crippen molar-refractivity contribution >= 4 is 0 Å². The Kier molecular flexibility index (Phi) is 5.66. The van der Waals surface area contributed by atoms with Crippen LogP contribution in [0.2, 0.25) is 0 Å². The highest BCUT2D eigenvalue weighted by Crippen LogP contribution is 2.29. The highest BCUT2D eigenvalue weighted by Gasteiger charge is 2.17. The standard InChI is InChI=1S/C23H22F2/c1-2-3-17-4-6-18(7-5-17)8-9-19-10-12-20(13-11-19)21-14-15-22(24)23(25)16-21/h2-3,10-18H,4-7H2,1H3/t17-,18-. The minimum Gasteiger partial charge on any atom is -0.204 e. The maximum Gasteiger partial charge on any atom is 0.159 e. The van der Waals surface area contributed by atoms with Gasteiger partial charge in [0.2, 0.25) is 0 Å². The van der Waals surface area contributed by atoms with Crippen molar-refractivity contribution < 1.29 is 8.78 Å². The van der Waals surface area contributed by atoms with Crippen molar-refractivity contribution in [3.05, 3.63) is 71.8 Å². The predicted octanol–water partition coefficient (Wildman–Crippen LogP) is 6.37. The number of benzene rings is 2. The van der Waals surface area contributed by atoms with Gasteiger partial charge in [0.05, 0.1) is 0 Å². The Morgan fingerprint density at radius 3 is 2.20 bits per heavy atom. The fourth-order valence-corrected chi connectivity index (χ4v) is 3.34. The SMILES string of the molecule is CC=C[C@H]1CC[C@H](C#Cc2ccc(-c3ccc(F)c(F)c3)cc2)CC1. The van der Waals surface area contributed by atoms with Crippen molar-refractivity contribution in [3.8, 4) is 23.0 Å². The molecule has 0 bridgehead atoms. The molecule has 0 aromatic heterocycles. The Labute approximate surface area is 148 Å². The molecule has 2 heteroatoms. The third-order valence-electron chi connectivity index (χ3n) is 4.79. The normalized spacial score (nSPS) is 20.3. The lowest BCUT2D eigenvalue weighted by Crippen LogP contribution is -2.11. The van der Waals surface area contributed by atoms with Crippen molar-refractivity contribution in [2.75, 3.05) is 0 Å². The Hall–Kier alpha value is -2.40. The van der Waals surface area contributed by atoms with Gasteiger partial charge in [0.25, 0.3) is 0 Å². The van der Waals surface area contributed by atoms with Crippen molar-refractivity contribution in [1.82, 2.24) is 0 Å². The largest absolute Gasteiger partial charge is 0.204 e. The summed E-state index contributed by atoms with van der Waals surface area (Å²) in [6, 6.07) is 11.6. The summed E-state index contributed by atoms with van der Waals surface area (Å²) in [6.07, 6.45) is 9.22. The molecule has 3 rings (SSSR count). The van der Waals surface area contributed by atoms with Gasteiger partial charge in [-0.3, -0.25) is 0 Å². The van der Waals surface area contributed by atoms with Crippen LogP contribution >= 0.6 is 0 Å². The molecule has 0 nitrogen and oxygen atoms in total. The fourth-order valence-electron chi connectivity index (χ4n) is 3.34. The lowest BCUT2D eigenvalue weighted by molar-refractivity contribution is 0.364. The van der Waals surface area contributed by atoms with E-state index in [1.54, 1.807) is 6.07 Å². The van der Waals surface area contributed by atoms with Crippen LogP contribution in [0, 0.1) is 35.3 Å². The van der Waals surface area contributed by atoms with E-state index in [-0.39, 0.29) is 0 Å². The van der Waals surface area contributed by atoms with E-state index in [1.165, 1.54) is 18.9 Å². The van der Waals surface area contributed by atoms with Crippen molar-refractivity contribution in [2.24, 2.45) is 11.8 Å². The topological polar surface area (TPSA) is 0 Å². The number of hydrogen-bond donors (Lipinski definition) is 0. The van der Waals surface area contributed by atoms with Crippen LogP contribution in [0.4, 0.5) is 8.78 Å². The van der Waals surface area contributed by atoms with Gasteiger partial charge in [-0.2, -0.15) is 0 Å². The van der Waals surface area contributed by atoms with Gasteiger partial charge in [-0.25, -0.2) is 8.78 Å². The van der Waals surface area contributed by atoms with E-state index in [0.717, 1.165) is 36.0 Å². The van der Waals surface area contributed by atoms with E-state index in [0.29, 0.717) is 11.5 Å². The quantitative estimate of drug-likeness (QED) is 0.442. The number of allylic oxidation sites excluding steroid dienone is 2. The second kappa shape index (κ2) is 8.12. The lowest BCUT2D eigenvalue weighted by atomic mass is 9.82. The summed E-state index contributed by atoms with van der Waals surface area (Å²) in [4.78, 5) is 0. The summed E-state index contributed by atoms with van der Waals surface area (Å²) >= 11 is 0. The minimum absolute atomic E-state index is 0.479. The van der Waals surface area contributed by atoms with Crippen LogP contribution in [0.15, 0.2) is 54.6 Å². The van der Waals surface area contributed by atoms with Crippen LogP contribution in [0.3, 0.4) is 0 Å². The molecule has 0 radical (unpaired) electrons. The predicted molar refractivity (Wildman–Crippen MR) is 98.9 cm³/mol. The monoisotopic (exact) mass is 336 g/mol. The number of hydrogen-bond acceptors (Lipinski definition) is 0. The summed E-state index contributed by atoms with van der Waals surface area (Å²) in [6.45, 7) is 2.08. The van der Waals surface area contributed by atoms with E-state index in [2.05, 4.69) is 30.9 Å². The molecule has 1 fully saturated rings. The third kappa shape index (κ3) is 4.57. The highest BCUT2D eigenvalue weighted by molar-refractivity contribution is 5.64.